The first-order valence-corrected chi connectivity index (χ1v) is 16.6. The van der Waals surface area contributed by atoms with E-state index in [1.807, 2.05) is 13.8 Å². The third kappa shape index (κ3) is 17.4. The predicted molar refractivity (Wildman–Crippen MR) is 182 cm³/mol. The highest BCUT2D eigenvalue weighted by Crippen LogP contribution is 2.11. The van der Waals surface area contributed by atoms with Crippen LogP contribution < -0.4 is 49.1 Å². The molecule has 0 aromatic rings. The predicted octanol–water partition coefficient (Wildman–Crippen LogP) is -2.28. The monoisotopic (exact) mass is 707 g/mol. The first-order valence-electron chi connectivity index (χ1n) is 15.4. The van der Waals surface area contributed by atoms with Gasteiger partial charge in [0.1, 0.15) is 29.7 Å². The Morgan fingerprint density at radius 3 is 1.79 bits per heavy atom. The van der Waals surface area contributed by atoms with Crippen LogP contribution >= 0.6 is 25.3 Å². The molecule has 19 heteroatoms. The Labute approximate surface area is 286 Å². The molecule has 0 spiro atoms. The number of hydrogen-bond acceptors (Lipinski definition) is 11. The van der Waals surface area contributed by atoms with Gasteiger partial charge in [0, 0.05) is 18.1 Å². The number of nitrogens with one attached hydrogen (secondary N) is 6. The summed E-state index contributed by atoms with van der Waals surface area (Å²) in [4.78, 5) is 88.2. The normalized spacial score (nSPS) is 14.5. The average Bonchev–Trinajstić information content (AvgIpc) is 2.98. The maximum Gasteiger partial charge on any atom is 0.327 e. The molecule has 7 amide bonds. The van der Waals surface area contributed by atoms with Crippen molar-refractivity contribution in [2.75, 3.05) is 24.6 Å². The van der Waals surface area contributed by atoms with E-state index < -0.39 is 77.3 Å². The van der Waals surface area contributed by atoms with Crippen LogP contribution in [0.25, 0.3) is 0 Å². The second-order valence-corrected chi connectivity index (χ2v) is 12.7. The van der Waals surface area contributed by atoms with Crippen molar-refractivity contribution in [1.82, 2.24) is 31.9 Å². The fourth-order valence-corrected chi connectivity index (χ4v) is 4.55. The third-order valence-corrected chi connectivity index (χ3v) is 7.60. The van der Waals surface area contributed by atoms with Crippen molar-refractivity contribution >= 4 is 66.8 Å². The molecule has 0 fully saturated rings. The van der Waals surface area contributed by atoms with E-state index in [1.54, 1.807) is 0 Å². The first kappa shape index (κ1) is 43.7. The molecule has 0 unspecified atom stereocenters. The van der Waals surface area contributed by atoms with E-state index in [0.29, 0.717) is 19.4 Å². The van der Waals surface area contributed by atoms with Gasteiger partial charge >= 0.3 is 12.0 Å². The highest BCUT2D eigenvalue weighted by Gasteiger charge is 2.36. The Morgan fingerprint density at radius 1 is 0.745 bits per heavy atom. The Bertz CT molecular complexity index is 1080. The van der Waals surface area contributed by atoms with Crippen LogP contribution in [0.15, 0.2) is 0 Å². The molecule has 5 atom stereocenters. The molecule has 0 aliphatic carbocycles. The molecule has 0 saturated heterocycles. The van der Waals surface area contributed by atoms with Crippen molar-refractivity contribution in [1.29, 1.82) is 0 Å². The number of aliphatic carboxylic acids is 1. The van der Waals surface area contributed by atoms with Crippen molar-refractivity contribution in [3.05, 3.63) is 0 Å². The number of urea groups is 1. The minimum Gasteiger partial charge on any atom is -0.480 e. The molecule has 13 N–H and O–H groups in total. The Morgan fingerprint density at radius 2 is 1.28 bits per heavy atom. The molecule has 17 nitrogen and oxygen atoms in total. The maximum absolute atomic E-state index is 13.5. The molecule has 0 aromatic carbocycles. The second kappa shape index (κ2) is 22.3. The molecule has 0 aliphatic rings. The van der Waals surface area contributed by atoms with Crippen LogP contribution in [0, 0.1) is 5.92 Å². The van der Waals surface area contributed by atoms with E-state index in [0.717, 1.165) is 0 Å². The van der Waals surface area contributed by atoms with Gasteiger partial charge < -0.3 is 54.2 Å². The van der Waals surface area contributed by atoms with Crippen molar-refractivity contribution in [3.8, 4) is 0 Å². The number of carboxylic acids is 1. The Kier molecular flexibility index (Phi) is 20.7. The van der Waals surface area contributed by atoms with E-state index in [1.165, 1.54) is 13.8 Å². The van der Waals surface area contributed by atoms with Crippen LogP contribution in [-0.4, -0.2) is 107 Å². The fourth-order valence-electron chi connectivity index (χ4n) is 4.13. The van der Waals surface area contributed by atoms with Gasteiger partial charge in [-0.15, -0.1) is 0 Å². The lowest BCUT2D eigenvalue weighted by atomic mass is 9.98. The SMILES string of the molecule is CC(C)C[C@H](NC(=O)C(C)(C)NC(=O)[C@H](CCCNC(N)=O)NC(=O)[C@H](CCCCN)NC(=O)[C@@H](N)CS)C(=O)N[C@@H](CS)C(=O)O. The van der Waals surface area contributed by atoms with Gasteiger partial charge in [-0.25, -0.2) is 9.59 Å². The van der Waals surface area contributed by atoms with Gasteiger partial charge in [0.15, 0.2) is 0 Å². The second-order valence-electron chi connectivity index (χ2n) is 12.0. The summed E-state index contributed by atoms with van der Waals surface area (Å²) in [5.41, 5.74) is 14.8. The Balaban J connectivity index is 6.00. The molecule has 0 aliphatic heterocycles. The van der Waals surface area contributed by atoms with Crippen LogP contribution in [0.5, 0.6) is 0 Å². The lowest BCUT2D eigenvalue weighted by Gasteiger charge is -2.31. The molecule has 47 heavy (non-hydrogen) atoms. The van der Waals surface area contributed by atoms with Gasteiger partial charge in [0.2, 0.25) is 29.5 Å². The number of carboxylic acid groups (broad SMARTS) is 1. The van der Waals surface area contributed by atoms with E-state index in [4.69, 9.17) is 17.2 Å². The van der Waals surface area contributed by atoms with Crippen molar-refractivity contribution in [3.63, 3.8) is 0 Å². The summed E-state index contributed by atoms with van der Waals surface area (Å²) in [6.45, 7) is 6.85. The zero-order valence-electron chi connectivity index (χ0n) is 27.5. The van der Waals surface area contributed by atoms with E-state index in [-0.39, 0.29) is 49.7 Å². The summed E-state index contributed by atoms with van der Waals surface area (Å²) in [7, 11) is 0. The highest BCUT2D eigenvalue weighted by molar-refractivity contribution is 7.80. The standard InChI is InChI=1S/C28H53N9O8S2/c1-15(2)12-19(23(40)35-20(14-47)25(42)43)36-26(44)28(3,4)37-24(41)18(9-7-11-32-27(31)45)34-22(39)17(8-5-6-10-29)33-21(38)16(30)13-46/h15-20,46-47H,5-14,29-30H2,1-4H3,(H,33,38)(H,34,39)(H,35,40)(H,36,44)(H,37,41)(H,42,43)(H3,31,32,45)/t16-,17-,18-,19-,20-/m0/s1. The maximum atomic E-state index is 13.5. The van der Waals surface area contributed by atoms with Crippen LogP contribution in [0.3, 0.4) is 0 Å². The van der Waals surface area contributed by atoms with E-state index in [2.05, 4.69) is 57.2 Å². The summed E-state index contributed by atoms with van der Waals surface area (Å²) in [5.74, 6) is -5.04. The molecule has 0 heterocycles. The molecule has 0 saturated carbocycles. The van der Waals surface area contributed by atoms with E-state index >= 15 is 0 Å². The molecule has 0 bridgehead atoms. The van der Waals surface area contributed by atoms with Crippen molar-refractivity contribution in [2.24, 2.45) is 23.1 Å². The van der Waals surface area contributed by atoms with Crippen molar-refractivity contribution in [2.45, 2.75) is 102 Å². The van der Waals surface area contributed by atoms with Crippen molar-refractivity contribution < 1.29 is 38.7 Å². The van der Waals surface area contributed by atoms with Gasteiger partial charge in [-0.05, 0) is 64.8 Å². The fraction of sp³-hybridized carbons (Fsp3) is 0.750. The number of unbranched alkanes of at least 4 members (excludes halogenated alkanes) is 1. The zero-order valence-corrected chi connectivity index (χ0v) is 29.3. The lowest BCUT2D eigenvalue weighted by molar-refractivity contribution is -0.142. The summed E-state index contributed by atoms with van der Waals surface area (Å²) in [6.07, 6.45) is 1.65. The summed E-state index contributed by atoms with van der Waals surface area (Å²) >= 11 is 7.96. The number of nitrogens with two attached hydrogens (primary N) is 3. The number of rotatable bonds is 23. The zero-order chi connectivity index (χ0) is 36.3. The van der Waals surface area contributed by atoms with Crippen LogP contribution in [0.2, 0.25) is 0 Å². The minimum atomic E-state index is -1.62. The number of amides is 7. The van der Waals surface area contributed by atoms with Crippen LogP contribution in [0.1, 0.15) is 66.2 Å². The number of carbonyl (C=O) groups excluding carboxylic acids is 6. The van der Waals surface area contributed by atoms with E-state index in [9.17, 15) is 38.7 Å². The molecule has 0 rings (SSSR count). The molecular weight excluding hydrogens is 654 g/mol. The molecule has 270 valence electrons. The average molecular weight is 708 g/mol. The molecule has 0 radical (unpaired) electrons. The first-order chi connectivity index (χ1) is 21.9. The highest BCUT2D eigenvalue weighted by atomic mass is 32.1. The van der Waals surface area contributed by atoms with Gasteiger partial charge in [-0.2, -0.15) is 25.3 Å². The smallest absolute Gasteiger partial charge is 0.327 e. The van der Waals surface area contributed by atoms with Gasteiger partial charge in [0.25, 0.3) is 0 Å². The van der Waals surface area contributed by atoms with Crippen LogP contribution in [0.4, 0.5) is 4.79 Å². The number of carbonyl (C=O) groups is 7. The quantitative estimate of drug-likeness (QED) is 0.0399. The summed E-state index contributed by atoms with van der Waals surface area (Å²) in [5, 5.41) is 24.4. The largest absolute Gasteiger partial charge is 0.480 e. The third-order valence-electron chi connectivity index (χ3n) is 6.84. The topological polar surface area (TPSA) is 290 Å². The molecular formula is C28H53N9O8S2. The molecule has 0 aromatic heterocycles. The van der Waals surface area contributed by atoms with Gasteiger partial charge in [-0.3, -0.25) is 24.0 Å². The van der Waals surface area contributed by atoms with Crippen LogP contribution in [-0.2, 0) is 28.8 Å². The number of hydrogen-bond donors (Lipinski definition) is 12. The minimum absolute atomic E-state index is 0.00780. The number of thiol groups is 2. The van der Waals surface area contributed by atoms with Gasteiger partial charge in [0.05, 0.1) is 6.04 Å². The summed E-state index contributed by atoms with van der Waals surface area (Å²) in [6, 6.07) is -6.44. The lowest BCUT2D eigenvalue weighted by Crippen LogP contribution is -2.63. The number of primary amides is 1. The Hall–Kier alpha value is -3.29. The van der Waals surface area contributed by atoms with Gasteiger partial charge in [-0.1, -0.05) is 13.8 Å². The summed E-state index contributed by atoms with van der Waals surface area (Å²) < 4.78 is 0.